The van der Waals surface area contributed by atoms with Gasteiger partial charge in [-0.25, -0.2) is 4.79 Å². The predicted octanol–water partition coefficient (Wildman–Crippen LogP) is 4.68. The molecule has 1 rings (SSSR count). The van der Waals surface area contributed by atoms with Gasteiger partial charge in [-0.2, -0.15) is 0 Å². The van der Waals surface area contributed by atoms with Gasteiger partial charge >= 0.3 is 5.97 Å². The van der Waals surface area contributed by atoms with Crippen molar-refractivity contribution >= 4 is 50.8 Å². The van der Waals surface area contributed by atoms with Gasteiger partial charge in [0.1, 0.15) is 0 Å². The summed E-state index contributed by atoms with van der Waals surface area (Å²) in [7, 11) is 1.37. The summed E-state index contributed by atoms with van der Waals surface area (Å²) < 4.78 is 5.42. The van der Waals surface area contributed by atoms with Gasteiger partial charge in [-0.05, 0) is 34.5 Å². The van der Waals surface area contributed by atoms with Crippen LogP contribution in [-0.2, 0) is 9.53 Å². The van der Waals surface area contributed by atoms with Gasteiger partial charge in [-0.3, -0.25) is 0 Å². The number of methoxy groups -OCH3 is 1. The molecule has 0 aromatic heterocycles. The van der Waals surface area contributed by atoms with E-state index < -0.39 is 0 Å². The Morgan fingerprint density at radius 2 is 2.11 bits per heavy atom. The SMILES string of the molecule is CC/C(=C/CNc1ccc(Br)c(Cl)c1Cl)C(=O)OC. The number of carbonyl (C=O) groups is 1. The second-order valence-electron chi connectivity index (χ2n) is 3.68. The van der Waals surface area contributed by atoms with Gasteiger partial charge in [0.05, 0.1) is 22.8 Å². The fourth-order valence-corrected chi connectivity index (χ4v) is 2.29. The molecule has 0 radical (unpaired) electrons. The summed E-state index contributed by atoms with van der Waals surface area (Å²) in [6.45, 7) is 2.36. The minimum atomic E-state index is -0.316. The van der Waals surface area contributed by atoms with Crippen LogP contribution in [0, 0.1) is 0 Å². The average molecular weight is 367 g/mol. The Morgan fingerprint density at radius 3 is 2.68 bits per heavy atom. The molecule has 0 atom stereocenters. The van der Waals surface area contributed by atoms with Crippen LogP contribution in [0.5, 0.6) is 0 Å². The molecule has 0 fully saturated rings. The van der Waals surface area contributed by atoms with Crippen LogP contribution in [0.2, 0.25) is 10.0 Å². The fourth-order valence-electron chi connectivity index (χ4n) is 1.45. The number of nitrogens with one attached hydrogen (secondary N) is 1. The van der Waals surface area contributed by atoms with E-state index in [9.17, 15) is 4.79 Å². The highest BCUT2D eigenvalue weighted by Gasteiger charge is 2.09. The molecule has 1 aromatic carbocycles. The van der Waals surface area contributed by atoms with Crippen LogP contribution in [0.25, 0.3) is 0 Å². The number of anilines is 1. The number of ether oxygens (including phenoxy) is 1. The number of halogens is 3. The van der Waals surface area contributed by atoms with Crippen molar-refractivity contribution in [3.05, 3.63) is 38.3 Å². The summed E-state index contributed by atoms with van der Waals surface area (Å²) in [5.74, 6) is -0.316. The molecule has 3 nitrogen and oxygen atoms in total. The zero-order valence-corrected chi connectivity index (χ0v) is 13.7. The molecule has 0 heterocycles. The van der Waals surface area contributed by atoms with Gasteiger partial charge in [0.2, 0.25) is 0 Å². The first kappa shape index (κ1) is 16.3. The Labute approximate surface area is 131 Å². The lowest BCUT2D eigenvalue weighted by Crippen LogP contribution is -2.07. The van der Waals surface area contributed by atoms with Gasteiger partial charge in [0, 0.05) is 16.6 Å². The average Bonchev–Trinajstić information content (AvgIpc) is 2.42. The topological polar surface area (TPSA) is 38.3 Å². The predicted molar refractivity (Wildman–Crippen MR) is 83.0 cm³/mol. The minimum Gasteiger partial charge on any atom is -0.466 e. The number of hydrogen-bond donors (Lipinski definition) is 1. The lowest BCUT2D eigenvalue weighted by molar-refractivity contribution is -0.136. The third kappa shape index (κ3) is 4.41. The van der Waals surface area contributed by atoms with E-state index in [1.165, 1.54) is 7.11 Å². The first-order valence-corrected chi connectivity index (χ1v) is 7.20. The van der Waals surface area contributed by atoms with E-state index in [0.717, 1.165) is 4.47 Å². The smallest absolute Gasteiger partial charge is 0.333 e. The maximum Gasteiger partial charge on any atom is 0.333 e. The van der Waals surface area contributed by atoms with Gasteiger partial charge in [-0.15, -0.1) is 0 Å². The Morgan fingerprint density at radius 1 is 1.42 bits per heavy atom. The normalized spacial score (nSPS) is 11.3. The van der Waals surface area contributed by atoms with Crippen molar-refractivity contribution in [3.63, 3.8) is 0 Å². The number of hydrogen-bond acceptors (Lipinski definition) is 3. The quantitative estimate of drug-likeness (QED) is 0.467. The number of carbonyl (C=O) groups excluding carboxylic acids is 1. The third-order valence-corrected chi connectivity index (χ3v) is 4.28. The third-order valence-electron chi connectivity index (χ3n) is 2.50. The van der Waals surface area contributed by atoms with Crippen LogP contribution >= 0.6 is 39.1 Å². The Bertz CT molecular complexity index is 504. The summed E-state index contributed by atoms with van der Waals surface area (Å²) in [6.07, 6.45) is 2.39. The van der Waals surface area contributed by atoms with Crippen LogP contribution in [0.1, 0.15) is 13.3 Å². The maximum atomic E-state index is 11.4. The Balaban J connectivity index is 2.75. The van der Waals surface area contributed by atoms with Crippen molar-refractivity contribution in [2.24, 2.45) is 0 Å². The monoisotopic (exact) mass is 365 g/mol. The summed E-state index contributed by atoms with van der Waals surface area (Å²) >= 11 is 15.4. The van der Waals surface area contributed by atoms with Gasteiger partial charge in [0.25, 0.3) is 0 Å². The first-order valence-electron chi connectivity index (χ1n) is 5.66. The fraction of sp³-hybridized carbons (Fsp3) is 0.308. The van der Waals surface area contributed by atoms with Gasteiger partial charge in [0.15, 0.2) is 0 Å². The summed E-state index contributed by atoms with van der Waals surface area (Å²) in [6, 6.07) is 3.62. The molecule has 1 N–H and O–H groups in total. The van der Waals surface area contributed by atoms with E-state index in [2.05, 4.69) is 26.0 Å². The van der Waals surface area contributed by atoms with Crippen molar-refractivity contribution in [2.45, 2.75) is 13.3 Å². The summed E-state index contributed by atoms with van der Waals surface area (Å²) in [5.41, 5.74) is 1.33. The second-order valence-corrected chi connectivity index (χ2v) is 5.29. The molecular weight excluding hydrogens is 353 g/mol. The molecule has 0 bridgehead atoms. The van der Waals surface area contributed by atoms with E-state index in [1.54, 1.807) is 12.1 Å². The Kier molecular flexibility index (Phi) is 6.69. The van der Waals surface area contributed by atoms with E-state index in [4.69, 9.17) is 23.2 Å². The molecule has 0 amide bonds. The molecule has 0 unspecified atom stereocenters. The number of esters is 1. The van der Waals surface area contributed by atoms with Gasteiger partial charge in [-0.1, -0.05) is 36.2 Å². The molecule has 0 aliphatic rings. The summed E-state index contributed by atoms with van der Waals surface area (Å²) in [5, 5.41) is 4.01. The lowest BCUT2D eigenvalue weighted by atomic mass is 10.2. The molecule has 1 aromatic rings. The Hall–Kier alpha value is -0.710. The molecule has 104 valence electrons. The molecule has 0 saturated carbocycles. The molecule has 0 spiro atoms. The van der Waals surface area contributed by atoms with Crippen LogP contribution in [0.3, 0.4) is 0 Å². The van der Waals surface area contributed by atoms with E-state index in [0.29, 0.717) is 34.3 Å². The standard InChI is InChI=1S/C13H14BrCl2NO2/c1-3-8(13(18)19-2)6-7-17-10-5-4-9(14)11(15)12(10)16/h4-6,17H,3,7H2,1-2H3/b8-6-. The van der Waals surface area contributed by atoms with Crippen molar-refractivity contribution in [1.82, 2.24) is 0 Å². The van der Waals surface area contributed by atoms with Crippen molar-refractivity contribution in [3.8, 4) is 0 Å². The van der Waals surface area contributed by atoms with Crippen LogP contribution in [-0.4, -0.2) is 19.6 Å². The molecule has 0 aliphatic heterocycles. The maximum absolute atomic E-state index is 11.4. The van der Waals surface area contributed by atoms with Crippen molar-refractivity contribution < 1.29 is 9.53 Å². The molecule has 6 heteroatoms. The number of benzene rings is 1. The molecular formula is C13H14BrCl2NO2. The van der Waals surface area contributed by atoms with Crippen molar-refractivity contribution in [2.75, 3.05) is 19.0 Å². The highest BCUT2D eigenvalue weighted by atomic mass is 79.9. The summed E-state index contributed by atoms with van der Waals surface area (Å²) in [4.78, 5) is 11.4. The van der Waals surface area contributed by atoms with E-state index >= 15 is 0 Å². The minimum absolute atomic E-state index is 0.316. The van der Waals surface area contributed by atoms with Gasteiger partial charge < -0.3 is 10.1 Å². The zero-order chi connectivity index (χ0) is 14.4. The highest BCUT2D eigenvalue weighted by Crippen LogP contribution is 2.35. The zero-order valence-electron chi connectivity index (χ0n) is 10.6. The second kappa shape index (κ2) is 7.78. The first-order chi connectivity index (χ1) is 9.01. The van der Waals surface area contributed by atoms with E-state index in [-0.39, 0.29) is 5.97 Å². The van der Waals surface area contributed by atoms with Crippen LogP contribution in [0.4, 0.5) is 5.69 Å². The highest BCUT2D eigenvalue weighted by molar-refractivity contribution is 9.10. The lowest BCUT2D eigenvalue weighted by Gasteiger charge is -2.09. The number of rotatable bonds is 5. The molecule has 19 heavy (non-hydrogen) atoms. The molecule has 0 aliphatic carbocycles. The van der Waals surface area contributed by atoms with E-state index in [1.807, 2.05) is 13.0 Å². The van der Waals surface area contributed by atoms with Crippen LogP contribution < -0.4 is 5.32 Å². The van der Waals surface area contributed by atoms with Crippen LogP contribution in [0.15, 0.2) is 28.3 Å². The molecule has 0 saturated heterocycles. The van der Waals surface area contributed by atoms with Crippen molar-refractivity contribution in [1.29, 1.82) is 0 Å². The largest absolute Gasteiger partial charge is 0.466 e.